The third kappa shape index (κ3) is 2.67. The molecule has 0 aliphatic carbocycles. The second-order valence-electron chi connectivity index (χ2n) is 5.01. The van der Waals surface area contributed by atoms with Crippen LogP contribution in [0.5, 0.6) is 0 Å². The number of benzene rings is 1. The Morgan fingerprint density at radius 2 is 2.05 bits per heavy atom. The standard InChI is InChI=1S/C15H17N5S/c1-2-3-4-10-5-7-11(8-6-10)20-9-17-12-13(20)18-15(16)19-14(12)21/h5-9H,2-4H2,1H3,(H3,16,18,19,21). The zero-order valence-corrected chi connectivity index (χ0v) is 12.7. The number of hydrogen-bond acceptors (Lipinski definition) is 4. The smallest absolute Gasteiger partial charge is 0.200 e. The summed E-state index contributed by atoms with van der Waals surface area (Å²) < 4.78 is 2.35. The molecule has 2 aromatic heterocycles. The maximum absolute atomic E-state index is 5.74. The average Bonchev–Trinajstić information content (AvgIpc) is 2.89. The molecule has 108 valence electrons. The minimum Gasteiger partial charge on any atom is -0.369 e. The number of rotatable bonds is 4. The zero-order valence-electron chi connectivity index (χ0n) is 11.8. The van der Waals surface area contributed by atoms with Crippen molar-refractivity contribution in [2.45, 2.75) is 26.2 Å². The van der Waals surface area contributed by atoms with E-state index < -0.39 is 0 Å². The SMILES string of the molecule is CCCCc1ccc(-n2cnc3c(=S)nc(N)[nH]c32)cc1. The summed E-state index contributed by atoms with van der Waals surface area (Å²) in [4.78, 5) is 11.4. The molecule has 3 aromatic rings. The quantitative estimate of drug-likeness (QED) is 0.724. The minimum atomic E-state index is 0.300. The summed E-state index contributed by atoms with van der Waals surface area (Å²) >= 11 is 5.19. The first kappa shape index (κ1) is 13.8. The molecule has 1 aromatic carbocycles. The van der Waals surface area contributed by atoms with Gasteiger partial charge < -0.3 is 10.7 Å². The lowest BCUT2D eigenvalue weighted by molar-refractivity contribution is 0.795. The normalized spacial score (nSPS) is 11.1. The molecule has 5 nitrogen and oxygen atoms in total. The van der Waals surface area contributed by atoms with Crippen LogP contribution in [-0.4, -0.2) is 19.5 Å². The molecule has 3 rings (SSSR count). The molecule has 21 heavy (non-hydrogen) atoms. The van der Waals surface area contributed by atoms with Crippen molar-refractivity contribution in [2.75, 3.05) is 5.73 Å². The molecule has 0 aliphatic heterocycles. The van der Waals surface area contributed by atoms with E-state index in [-0.39, 0.29) is 0 Å². The fourth-order valence-corrected chi connectivity index (χ4v) is 2.58. The van der Waals surface area contributed by atoms with Gasteiger partial charge in [-0.25, -0.2) is 9.97 Å². The van der Waals surface area contributed by atoms with Gasteiger partial charge in [0.25, 0.3) is 0 Å². The number of nitrogen functional groups attached to an aromatic ring is 1. The second kappa shape index (κ2) is 5.65. The van der Waals surface area contributed by atoms with Gasteiger partial charge in [0, 0.05) is 5.69 Å². The lowest BCUT2D eigenvalue weighted by Crippen LogP contribution is -1.99. The number of hydrogen-bond donors (Lipinski definition) is 2. The molecule has 3 N–H and O–H groups in total. The highest BCUT2D eigenvalue weighted by molar-refractivity contribution is 7.71. The summed E-state index contributed by atoms with van der Waals surface area (Å²) in [5, 5.41) is 0. The van der Waals surface area contributed by atoms with E-state index in [1.165, 1.54) is 18.4 Å². The van der Waals surface area contributed by atoms with Gasteiger partial charge in [-0.3, -0.25) is 4.57 Å². The van der Waals surface area contributed by atoms with Crippen LogP contribution in [0.4, 0.5) is 5.95 Å². The molecule has 0 aliphatic rings. The Kier molecular flexibility index (Phi) is 3.70. The highest BCUT2D eigenvalue weighted by Gasteiger charge is 2.08. The molecule has 0 saturated heterocycles. The Labute approximate surface area is 127 Å². The van der Waals surface area contributed by atoms with Crippen LogP contribution in [-0.2, 0) is 6.42 Å². The van der Waals surface area contributed by atoms with Gasteiger partial charge >= 0.3 is 0 Å². The van der Waals surface area contributed by atoms with Crippen molar-refractivity contribution in [3.05, 3.63) is 40.8 Å². The van der Waals surface area contributed by atoms with Gasteiger partial charge in [-0.15, -0.1) is 0 Å². The van der Waals surface area contributed by atoms with Gasteiger partial charge in [0.05, 0.1) is 0 Å². The number of nitrogens with one attached hydrogen (secondary N) is 1. The van der Waals surface area contributed by atoms with Crippen molar-refractivity contribution in [1.82, 2.24) is 19.5 Å². The average molecular weight is 299 g/mol. The minimum absolute atomic E-state index is 0.300. The van der Waals surface area contributed by atoms with Crippen molar-refractivity contribution in [2.24, 2.45) is 0 Å². The van der Waals surface area contributed by atoms with Gasteiger partial charge in [-0.05, 0) is 30.5 Å². The lowest BCUT2D eigenvalue weighted by Gasteiger charge is -2.06. The summed E-state index contributed by atoms with van der Waals surface area (Å²) in [6.07, 6.45) is 5.26. The molecule has 0 spiro atoms. The number of unbranched alkanes of at least 4 members (excludes halogenated alkanes) is 1. The number of imidazole rings is 1. The molecular formula is C15H17N5S. The summed E-state index contributed by atoms with van der Waals surface area (Å²) in [5.74, 6) is 0.300. The number of nitrogens with zero attached hydrogens (tertiary/aromatic N) is 3. The van der Waals surface area contributed by atoms with Crippen LogP contribution < -0.4 is 5.73 Å². The van der Waals surface area contributed by atoms with Crippen molar-refractivity contribution < 1.29 is 0 Å². The van der Waals surface area contributed by atoms with E-state index in [4.69, 9.17) is 18.0 Å². The molecule has 2 heterocycles. The van der Waals surface area contributed by atoms with Crippen molar-refractivity contribution >= 4 is 29.3 Å². The topological polar surface area (TPSA) is 72.5 Å². The first-order valence-electron chi connectivity index (χ1n) is 7.01. The molecule has 0 atom stereocenters. The number of aryl methyl sites for hydroxylation is 1. The molecular weight excluding hydrogens is 282 g/mol. The van der Waals surface area contributed by atoms with E-state index in [9.17, 15) is 0 Å². The van der Waals surface area contributed by atoms with E-state index in [1.54, 1.807) is 6.33 Å². The number of fused-ring (bicyclic) bond motifs is 1. The highest BCUT2D eigenvalue weighted by atomic mass is 32.1. The van der Waals surface area contributed by atoms with Crippen LogP contribution >= 0.6 is 12.2 Å². The second-order valence-corrected chi connectivity index (χ2v) is 5.40. The van der Waals surface area contributed by atoms with Crippen molar-refractivity contribution in [3.8, 4) is 5.69 Å². The van der Waals surface area contributed by atoms with Crippen LogP contribution in [0, 0.1) is 4.64 Å². The lowest BCUT2D eigenvalue weighted by atomic mass is 10.1. The maximum Gasteiger partial charge on any atom is 0.200 e. The Morgan fingerprint density at radius 3 is 2.76 bits per heavy atom. The summed E-state index contributed by atoms with van der Waals surface area (Å²) in [6, 6.07) is 8.46. The van der Waals surface area contributed by atoms with E-state index >= 15 is 0 Å². The first-order chi connectivity index (χ1) is 10.2. The van der Waals surface area contributed by atoms with Crippen LogP contribution in [0.2, 0.25) is 0 Å². The van der Waals surface area contributed by atoms with E-state index in [2.05, 4.69) is 46.1 Å². The molecule has 0 amide bonds. The van der Waals surface area contributed by atoms with Crippen molar-refractivity contribution in [3.63, 3.8) is 0 Å². The fraction of sp³-hybridized carbons (Fsp3) is 0.267. The molecule has 0 saturated carbocycles. The van der Waals surface area contributed by atoms with E-state index in [0.717, 1.165) is 17.8 Å². The summed E-state index contributed by atoms with van der Waals surface area (Å²) in [7, 11) is 0. The molecule has 0 radical (unpaired) electrons. The van der Waals surface area contributed by atoms with Gasteiger partial charge in [0.15, 0.2) is 10.6 Å². The van der Waals surface area contributed by atoms with Gasteiger partial charge in [-0.1, -0.05) is 37.7 Å². The van der Waals surface area contributed by atoms with Gasteiger partial charge in [0.1, 0.15) is 17.5 Å². The van der Waals surface area contributed by atoms with Crippen LogP contribution in [0.25, 0.3) is 16.9 Å². The fourth-order valence-electron chi connectivity index (χ4n) is 2.34. The van der Waals surface area contributed by atoms with Crippen molar-refractivity contribution in [1.29, 1.82) is 0 Å². The van der Waals surface area contributed by atoms with Gasteiger partial charge in [-0.2, -0.15) is 0 Å². The molecule has 0 unspecified atom stereocenters. The van der Waals surface area contributed by atoms with Crippen LogP contribution in [0.15, 0.2) is 30.6 Å². The largest absolute Gasteiger partial charge is 0.369 e. The Balaban J connectivity index is 2.02. The third-order valence-corrected chi connectivity index (χ3v) is 3.76. The summed E-state index contributed by atoms with van der Waals surface area (Å²) in [6.45, 7) is 2.20. The zero-order chi connectivity index (χ0) is 14.8. The number of aromatic nitrogens is 4. The highest BCUT2D eigenvalue weighted by Crippen LogP contribution is 2.18. The number of nitrogens with two attached hydrogens (primary N) is 1. The van der Waals surface area contributed by atoms with Crippen LogP contribution in [0.1, 0.15) is 25.3 Å². The number of H-pyrrole nitrogens is 1. The number of anilines is 1. The third-order valence-electron chi connectivity index (χ3n) is 3.47. The summed E-state index contributed by atoms with van der Waals surface area (Å²) in [5.41, 5.74) is 9.54. The first-order valence-corrected chi connectivity index (χ1v) is 7.42. The van der Waals surface area contributed by atoms with E-state index in [1.807, 2.05) is 4.57 Å². The molecule has 0 fully saturated rings. The Hall–Kier alpha value is -2.21. The Bertz CT molecular complexity index is 816. The van der Waals surface area contributed by atoms with E-state index in [0.29, 0.717) is 16.1 Å². The maximum atomic E-state index is 5.74. The predicted octanol–water partition coefficient (Wildman–Crippen LogP) is 3.40. The van der Waals surface area contributed by atoms with Crippen LogP contribution in [0.3, 0.4) is 0 Å². The monoisotopic (exact) mass is 299 g/mol. The predicted molar refractivity (Wildman–Crippen MR) is 87.1 cm³/mol. The Morgan fingerprint density at radius 1 is 1.29 bits per heavy atom. The number of aromatic amines is 1. The molecule has 6 heteroatoms. The molecule has 0 bridgehead atoms. The van der Waals surface area contributed by atoms with Gasteiger partial charge in [0.2, 0.25) is 0 Å².